The minimum Gasteiger partial charge on any atom is -0.390 e. The topological polar surface area (TPSA) is 86.7 Å². The van der Waals surface area contributed by atoms with Crippen LogP contribution in [0, 0.1) is 5.92 Å². The molecule has 6 heteroatoms. The predicted molar refractivity (Wildman–Crippen MR) is 130 cm³/mol. The second-order valence-corrected chi connectivity index (χ2v) is 11.6. The minimum atomic E-state index is -3.90. The molecule has 0 radical (unpaired) electrons. The Kier molecular flexibility index (Phi) is 20.7. The number of unbranched alkanes of at least 4 members (excludes halogenated alkanes) is 13. The third-order valence-electron chi connectivity index (χ3n) is 6.02. The van der Waals surface area contributed by atoms with Gasteiger partial charge in [-0.1, -0.05) is 96.8 Å². The zero-order valence-electron chi connectivity index (χ0n) is 19.6. The van der Waals surface area contributed by atoms with Crippen LogP contribution in [-0.4, -0.2) is 28.7 Å². The quantitative estimate of drug-likeness (QED) is 0.128. The molecular weight excluding hydrogens is 402 g/mol. The van der Waals surface area contributed by atoms with E-state index in [-0.39, 0.29) is 24.0 Å². The first-order valence-corrected chi connectivity index (χ1v) is 14.2. The van der Waals surface area contributed by atoms with Gasteiger partial charge in [0.25, 0.3) is 0 Å². The fourth-order valence-electron chi connectivity index (χ4n) is 4.06. The molecule has 0 bridgehead atoms. The summed E-state index contributed by atoms with van der Waals surface area (Å²) in [5.41, 5.74) is 6.06. The summed E-state index contributed by atoms with van der Waals surface area (Å²) < 4.78 is 0. The van der Waals surface area contributed by atoms with Gasteiger partial charge in [0.05, 0.1) is 0 Å². The average Bonchev–Trinajstić information content (AvgIpc) is 2.58. The van der Waals surface area contributed by atoms with E-state index < -0.39 is 8.80 Å². The molecule has 0 aliphatic rings. The first kappa shape index (κ1) is 31.5. The summed E-state index contributed by atoms with van der Waals surface area (Å²) in [6.07, 6.45) is 21.7. The molecule has 1 unspecified atom stereocenters. The second-order valence-electron chi connectivity index (χ2n) is 9.57. The lowest BCUT2D eigenvalue weighted by Crippen LogP contribution is -2.41. The number of rotatable bonds is 20. The van der Waals surface area contributed by atoms with Crippen LogP contribution in [0.15, 0.2) is 0 Å². The Hall–Kier alpha value is 0.347. The summed E-state index contributed by atoms with van der Waals surface area (Å²) >= 11 is 0. The molecule has 0 aliphatic heterocycles. The molecule has 0 aromatic heterocycles. The fourth-order valence-corrected chi connectivity index (χ4v) is 4.74. The van der Waals surface area contributed by atoms with Crippen molar-refractivity contribution in [3.63, 3.8) is 0 Å². The molecule has 178 valence electrons. The summed E-state index contributed by atoms with van der Waals surface area (Å²) in [7, 11) is -3.90. The monoisotopic (exact) mass is 453 g/mol. The smallest absolute Gasteiger partial charge is 0.390 e. The maximum atomic E-state index is 9.16. The summed E-state index contributed by atoms with van der Waals surface area (Å²) in [6.45, 7) is 6.39. The molecule has 1 atom stereocenters. The van der Waals surface area contributed by atoms with Crippen molar-refractivity contribution in [2.45, 2.75) is 142 Å². The molecule has 0 spiro atoms. The lowest BCUT2D eigenvalue weighted by Gasteiger charge is -2.31. The van der Waals surface area contributed by atoms with Crippen molar-refractivity contribution in [3.05, 3.63) is 0 Å². The van der Waals surface area contributed by atoms with E-state index in [2.05, 4.69) is 20.8 Å². The van der Waals surface area contributed by atoms with Gasteiger partial charge >= 0.3 is 8.80 Å². The van der Waals surface area contributed by atoms with E-state index in [0.717, 1.165) is 12.8 Å². The molecule has 0 saturated carbocycles. The summed E-state index contributed by atoms with van der Waals surface area (Å²) in [5.74, 6) is 0.376. The first-order chi connectivity index (χ1) is 13.2. The van der Waals surface area contributed by atoms with Crippen molar-refractivity contribution in [3.8, 4) is 0 Å². The molecule has 0 aliphatic carbocycles. The van der Waals surface area contributed by atoms with Gasteiger partial charge in [0, 0.05) is 11.6 Å². The number of halogens is 1. The third-order valence-corrected chi connectivity index (χ3v) is 7.05. The van der Waals surface area contributed by atoms with Gasteiger partial charge in [-0.3, -0.25) is 0 Å². The molecule has 0 saturated heterocycles. The highest BCUT2D eigenvalue weighted by Gasteiger charge is 2.29. The first-order valence-electron chi connectivity index (χ1n) is 12.1. The Balaban J connectivity index is 0. The van der Waals surface area contributed by atoms with Crippen molar-refractivity contribution in [1.29, 1.82) is 0 Å². The highest BCUT2D eigenvalue weighted by molar-refractivity contribution is 6.56. The maximum absolute atomic E-state index is 9.16. The van der Waals surface area contributed by atoms with E-state index in [1.807, 2.05) is 0 Å². The largest absolute Gasteiger partial charge is 0.492 e. The van der Waals surface area contributed by atoms with E-state index in [4.69, 9.17) is 20.1 Å². The van der Waals surface area contributed by atoms with Gasteiger partial charge < -0.3 is 20.1 Å². The molecule has 0 fully saturated rings. The summed E-state index contributed by atoms with van der Waals surface area (Å²) in [5, 5.41) is 0. The van der Waals surface area contributed by atoms with E-state index in [9.17, 15) is 0 Å². The van der Waals surface area contributed by atoms with E-state index in [1.165, 1.54) is 89.9 Å². The van der Waals surface area contributed by atoms with Crippen molar-refractivity contribution in [2.24, 2.45) is 11.7 Å². The van der Waals surface area contributed by atoms with Gasteiger partial charge in [0.15, 0.2) is 0 Å². The van der Waals surface area contributed by atoms with Crippen LogP contribution in [-0.2, 0) is 0 Å². The molecular formula is C23H52ClNO3Si. The van der Waals surface area contributed by atoms with Crippen LogP contribution in [0.2, 0.25) is 6.04 Å². The van der Waals surface area contributed by atoms with Crippen molar-refractivity contribution < 1.29 is 14.4 Å². The molecule has 0 rings (SSSR count). The van der Waals surface area contributed by atoms with Gasteiger partial charge in [-0.05, 0) is 39.0 Å². The zero-order valence-corrected chi connectivity index (χ0v) is 21.4. The van der Waals surface area contributed by atoms with Crippen LogP contribution in [0.5, 0.6) is 0 Å². The number of hydrogen-bond acceptors (Lipinski definition) is 4. The molecule has 29 heavy (non-hydrogen) atoms. The zero-order chi connectivity index (χ0) is 21.3. The molecule has 5 N–H and O–H groups in total. The van der Waals surface area contributed by atoms with Gasteiger partial charge in [-0.2, -0.15) is 0 Å². The van der Waals surface area contributed by atoms with Crippen molar-refractivity contribution >= 4 is 21.2 Å². The molecule has 0 aromatic rings. The lowest BCUT2D eigenvalue weighted by molar-refractivity contribution is 0.218. The Labute approximate surface area is 188 Å². The van der Waals surface area contributed by atoms with Crippen LogP contribution < -0.4 is 5.73 Å². The number of hydrogen-bond donors (Lipinski definition) is 4. The molecule has 4 nitrogen and oxygen atoms in total. The Morgan fingerprint density at radius 2 is 1.00 bits per heavy atom. The van der Waals surface area contributed by atoms with E-state index in [1.54, 1.807) is 0 Å². The predicted octanol–water partition coefficient (Wildman–Crippen LogP) is 6.33. The molecule has 0 aromatic carbocycles. The maximum Gasteiger partial charge on any atom is 0.492 e. The van der Waals surface area contributed by atoms with E-state index in [0.29, 0.717) is 12.3 Å². The van der Waals surface area contributed by atoms with Crippen LogP contribution in [0.25, 0.3) is 0 Å². The second kappa shape index (κ2) is 19.1. The summed E-state index contributed by atoms with van der Waals surface area (Å²) in [6, 6.07) is 0.123. The molecule has 0 amide bonds. The fraction of sp³-hybridized carbons (Fsp3) is 1.00. The Morgan fingerprint density at radius 3 is 1.34 bits per heavy atom. The van der Waals surface area contributed by atoms with Gasteiger partial charge in [-0.25, -0.2) is 0 Å². The van der Waals surface area contributed by atoms with Crippen LogP contribution >= 0.6 is 12.4 Å². The van der Waals surface area contributed by atoms with E-state index >= 15 is 0 Å². The lowest BCUT2D eigenvalue weighted by atomic mass is 9.81. The Morgan fingerprint density at radius 1 is 0.655 bits per heavy atom. The standard InChI is InChI=1S/C23H51NO3Si.ClH/c1-4-5-6-7-8-9-10-11-12-13-14-15-16-17-19-22(23(2,3)24)20-18-21-28(25,26)27;/h22,25-27H,4-21,24H2,1-3H3;1H. The third kappa shape index (κ3) is 22.8. The van der Waals surface area contributed by atoms with Gasteiger partial charge in [0.2, 0.25) is 0 Å². The molecule has 0 heterocycles. The number of nitrogens with two attached hydrogens (primary N) is 1. The highest BCUT2D eigenvalue weighted by Crippen LogP contribution is 2.27. The van der Waals surface area contributed by atoms with Crippen LogP contribution in [0.1, 0.15) is 130 Å². The van der Waals surface area contributed by atoms with Crippen LogP contribution in [0.4, 0.5) is 0 Å². The minimum absolute atomic E-state index is 0. The SMILES string of the molecule is CCCCCCCCCCCCCCCCC(CCC[Si](O)(O)O)C(C)(C)N.Cl. The highest BCUT2D eigenvalue weighted by atomic mass is 35.5. The van der Waals surface area contributed by atoms with Gasteiger partial charge in [-0.15, -0.1) is 12.4 Å². The normalized spacial score (nSPS) is 13.3. The van der Waals surface area contributed by atoms with Crippen molar-refractivity contribution in [2.75, 3.05) is 0 Å². The summed E-state index contributed by atoms with van der Waals surface area (Å²) in [4.78, 5) is 27.5. The van der Waals surface area contributed by atoms with Crippen molar-refractivity contribution in [1.82, 2.24) is 0 Å². The Bertz CT molecular complexity index is 346. The van der Waals surface area contributed by atoms with Crippen LogP contribution in [0.3, 0.4) is 0 Å². The average molecular weight is 454 g/mol. The van der Waals surface area contributed by atoms with Gasteiger partial charge in [0.1, 0.15) is 0 Å².